The van der Waals surface area contributed by atoms with Crippen LogP contribution in [0, 0.1) is 6.92 Å². The van der Waals surface area contributed by atoms with E-state index in [4.69, 9.17) is 0 Å². The number of aryl methyl sites for hydroxylation is 2. The number of nitrogens with zero attached hydrogens (tertiary/aromatic N) is 1. The van der Waals surface area contributed by atoms with Gasteiger partial charge in [0.25, 0.3) is 5.91 Å². The van der Waals surface area contributed by atoms with Crippen molar-refractivity contribution in [1.29, 1.82) is 0 Å². The first-order valence-electron chi connectivity index (χ1n) is 7.15. The van der Waals surface area contributed by atoms with Crippen LogP contribution < -0.4 is 5.32 Å². The molecule has 0 saturated carbocycles. The van der Waals surface area contributed by atoms with Gasteiger partial charge in [0.1, 0.15) is 6.04 Å². The minimum absolute atomic E-state index is 0.157. The lowest BCUT2D eigenvalue weighted by molar-refractivity contribution is -0.141. The smallest absolute Gasteiger partial charge is 0.326 e. The van der Waals surface area contributed by atoms with E-state index in [1.165, 1.54) is 30.1 Å². The van der Waals surface area contributed by atoms with Crippen LogP contribution in [0.4, 0.5) is 0 Å². The highest BCUT2D eigenvalue weighted by molar-refractivity contribution is 7.14. The average Bonchev–Trinajstić information content (AvgIpc) is 2.83. The molecule has 0 aliphatic rings. The van der Waals surface area contributed by atoms with E-state index in [0.717, 1.165) is 16.9 Å². The molecule has 1 unspecified atom stereocenters. The van der Waals surface area contributed by atoms with Crippen LogP contribution >= 0.6 is 11.3 Å². The highest BCUT2D eigenvalue weighted by atomic mass is 32.1. The molecular formula is C15H22N2O4S. The lowest BCUT2D eigenvalue weighted by Gasteiger charge is -2.26. The molecule has 2 amide bonds. The summed E-state index contributed by atoms with van der Waals surface area (Å²) >= 11 is 1.39. The van der Waals surface area contributed by atoms with Gasteiger partial charge in [-0.1, -0.05) is 6.92 Å². The fourth-order valence-electron chi connectivity index (χ4n) is 2.07. The van der Waals surface area contributed by atoms with E-state index in [1.54, 1.807) is 6.07 Å². The Morgan fingerprint density at radius 2 is 2.05 bits per heavy atom. The van der Waals surface area contributed by atoms with Gasteiger partial charge in [0.15, 0.2) is 0 Å². The lowest BCUT2D eigenvalue weighted by atomic mass is 10.2. The van der Waals surface area contributed by atoms with Gasteiger partial charge in [0, 0.05) is 24.9 Å². The highest BCUT2D eigenvalue weighted by Gasteiger charge is 2.27. The third-order valence-corrected chi connectivity index (χ3v) is 4.73. The molecule has 7 heteroatoms. The summed E-state index contributed by atoms with van der Waals surface area (Å²) in [4.78, 5) is 37.7. The van der Waals surface area contributed by atoms with Crippen molar-refractivity contribution in [2.24, 2.45) is 0 Å². The molecule has 122 valence electrons. The number of carbonyl (C=O) groups is 3. The van der Waals surface area contributed by atoms with Crippen LogP contribution in [-0.4, -0.2) is 46.9 Å². The number of thiophene rings is 1. The number of carboxylic acid groups (broad SMARTS) is 1. The lowest BCUT2D eigenvalue weighted by Crippen LogP contribution is -2.46. The largest absolute Gasteiger partial charge is 0.480 e. The van der Waals surface area contributed by atoms with E-state index in [1.807, 2.05) is 13.8 Å². The summed E-state index contributed by atoms with van der Waals surface area (Å²) in [6.07, 6.45) is 0.837. The number of carbonyl (C=O) groups excluding carboxylic acids is 2. The Morgan fingerprint density at radius 1 is 1.41 bits per heavy atom. The molecule has 1 atom stereocenters. The molecule has 0 saturated heterocycles. The highest BCUT2D eigenvalue weighted by Crippen LogP contribution is 2.24. The van der Waals surface area contributed by atoms with Gasteiger partial charge in [-0.2, -0.15) is 0 Å². The van der Waals surface area contributed by atoms with Gasteiger partial charge < -0.3 is 15.3 Å². The number of carboxylic acids is 1. The van der Waals surface area contributed by atoms with Crippen molar-refractivity contribution in [3.8, 4) is 0 Å². The average molecular weight is 326 g/mol. The molecule has 0 bridgehead atoms. The van der Waals surface area contributed by atoms with Crippen LogP contribution in [0.5, 0.6) is 0 Å². The maximum Gasteiger partial charge on any atom is 0.326 e. The predicted octanol–water partition coefficient (Wildman–Crippen LogP) is 1.67. The zero-order chi connectivity index (χ0) is 16.9. The van der Waals surface area contributed by atoms with E-state index >= 15 is 0 Å². The Kier molecular flexibility index (Phi) is 6.55. The second-order valence-electron chi connectivity index (χ2n) is 5.07. The van der Waals surface area contributed by atoms with Gasteiger partial charge in [-0.25, -0.2) is 4.79 Å². The molecule has 22 heavy (non-hydrogen) atoms. The van der Waals surface area contributed by atoms with E-state index in [9.17, 15) is 19.5 Å². The molecule has 0 fully saturated rings. The molecule has 0 aromatic carbocycles. The van der Waals surface area contributed by atoms with Crippen LogP contribution in [0.2, 0.25) is 0 Å². The van der Waals surface area contributed by atoms with E-state index in [2.05, 4.69) is 5.32 Å². The monoisotopic (exact) mass is 326 g/mol. The minimum atomic E-state index is -1.07. The number of nitrogens with one attached hydrogen (secondary N) is 1. The summed E-state index contributed by atoms with van der Waals surface area (Å²) < 4.78 is 0. The second-order valence-corrected chi connectivity index (χ2v) is 6.20. The molecule has 0 radical (unpaired) electrons. The van der Waals surface area contributed by atoms with Crippen molar-refractivity contribution < 1.29 is 19.5 Å². The van der Waals surface area contributed by atoms with Gasteiger partial charge in [-0.3, -0.25) is 9.59 Å². The maximum atomic E-state index is 12.6. The van der Waals surface area contributed by atoms with Gasteiger partial charge in [-0.05, 0) is 31.9 Å². The summed E-state index contributed by atoms with van der Waals surface area (Å²) in [5.74, 6) is -1.59. The van der Waals surface area contributed by atoms with Gasteiger partial charge in [0.05, 0.1) is 4.88 Å². The quantitative estimate of drug-likeness (QED) is 0.798. The van der Waals surface area contributed by atoms with Crippen molar-refractivity contribution in [2.75, 3.05) is 13.1 Å². The normalized spacial score (nSPS) is 11.8. The Hall–Kier alpha value is -1.89. The SMILES string of the molecule is CCc1sc(C(=O)N(CCNC(C)=O)C(C)C(=O)O)cc1C. The number of hydrogen-bond acceptors (Lipinski definition) is 4. The van der Waals surface area contributed by atoms with Crippen LogP contribution in [0.25, 0.3) is 0 Å². The van der Waals surface area contributed by atoms with E-state index < -0.39 is 12.0 Å². The summed E-state index contributed by atoms with van der Waals surface area (Å²) in [5, 5.41) is 11.8. The zero-order valence-electron chi connectivity index (χ0n) is 13.3. The maximum absolute atomic E-state index is 12.6. The van der Waals surface area contributed by atoms with Crippen molar-refractivity contribution in [2.45, 2.75) is 40.2 Å². The minimum Gasteiger partial charge on any atom is -0.480 e. The molecule has 0 spiro atoms. The Labute approximate surface area is 134 Å². The molecule has 0 aliphatic heterocycles. The molecule has 6 nitrogen and oxygen atoms in total. The number of hydrogen-bond donors (Lipinski definition) is 2. The Morgan fingerprint density at radius 3 is 2.50 bits per heavy atom. The molecule has 1 heterocycles. The van der Waals surface area contributed by atoms with Crippen molar-refractivity contribution in [3.63, 3.8) is 0 Å². The molecule has 1 rings (SSSR count). The topological polar surface area (TPSA) is 86.7 Å². The fourth-order valence-corrected chi connectivity index (χ4v) is 3.14. The second kappa shape index (κ2) is 7.93. The van der Waals surface area contributed by atoms with Gasteiger partial charge in [-0.15, -0.1) is 11.3 Å². The molecule has 1 aromatic heterocycles. The van der Waals surface area contributed by atoms with Crippen molar-refractivity contribution in [3.05, 3.63) is 21.4 Å². The van der Waals surface area contributed by atoms with Gasteiger partial charge in [0.2, 0.25) is 5.91 Å². The summed E-state index contributed by atoms with van der Waals surface area (Å²) in [6, 6.07) is 0.847. The van der Waals surface area contributed by atoms with Crippen LogP contribution in [-0.2, 0) is 16.0 Å². The zero-order valence-corrected chi connectivity index (χ0v) is 14.1. The summed E-state index contributed by atoms with van der Waals surface area (Å²) in [6.45, 7) is 7.18. The standard InChI is InChI=1S/C15H22N2O4S/c1-5-12-9(2)8-13(22-12)14(19)17(10(3)15(20)21)7-6-16-11(4)18/h8,10H,5-7H2,1-4H3,(H,16,18)(H,20,21). The van der Waals surface area contributed by atoms with E-state index in [-0.39, 0.29) is 24.9 Å². The van der Waals surface area contributed by atoms with Crippen molar-refractivity contribution >= 4 is 29.1 Å². The number of amides is 2. The first kappa shape index (κ1) is 18.2. The summed E-state index contributed by atoms with van der Waals surface area (Å²) in [7, 11) is 0. The predicted molar refractivity (Wildman–Crippen MR) is 85.3 cm³/mol. The van der Waals surface area contributed by atoms with Crippen molar-refractivity contribution in [1.82, 2.24) is 10.2 Å². The molecule has 2 N–H and O–H groups in total. The Bertz CT molecular complexity index is 568. The van der Waals surface area contributed by atoms with Crippen LogP contribution in [0.15, 0.2) is 6.07 Å². The molecule has 1 aromatic rings. The van der Waals surface area contributed by atoms with Gasteiger partial charge >= 0.3 is 5.97 Å². The first-order valence-corrected chi connectivity index (χ1v) is 7.97. The third kappa shape index (κ3) is 4.56. The third-order valence-electron chi connectivity index (χ3n) is 3.36. The number of rotatable bonds is 7. The van der Waals surface area contributed by atoms with Crippen LogP contribution in [0.3, 0.4) is 0 Å². The number of aliphatic carboxylic acids is 1. The fraction of sp³-hybridized carbons (Fsp3) is 0.533. The Balaban J connectivity index is 2.95. The molecule has 0 aliphatic carbocycles. The first-order chi connectivity index (χ1) is 10.3. The van der Waals surface area contributed by atoms with E-state index in [0.29, 0.717) is 4.88 Å². The molecular weight excluding hydrogens is 304 g/mol. The van der Waals surface area contributed by atoms with Crippen LogP contribution in [0.1, 0.15) is 40.9 Å². The summed E-state index contributed by atoms with van der Waals surface area (Å²) in [5.41, 5.74) is 1.04.